The predicted molar refractivity (Wildman–Crippen MR) is 79.3 cm³/mol. The van der Waals surface area contributed by atoms with Gasteiger partial charge in [0.2, 0.25) is 0 Å². The van der Waals surface area contributed by atoms with Crippen LogP contribution in [0.25, 0.3) is 0 Å². The molecule has 2 N–H and O–H groups in total. The van der Waals surface area contributed by atoms with Crippen molar-refractivity contribution in [2.75, 3.05) is 26.2 Å². The molecule has 6 nitrogen and oxygen atoms in total. The Hall–Kier alpha value is -1.40. The van der Waals surface area contributed by atoms with E-state index in [-0.39, 0.29) is 18.1 Å². The van der Waals surface area contributed by atoms with Gasteiger partial charge in [0.25, 0.3) is 5.91 Å². The lowest BCUT2D eigenvalue weighted by molar-refractivity contribution is -0.0672. The van der Waals surface area contributed by atoms with Crippen LogP contribution in [0.4, 0.5) is 0 Å². The number of morpholine rings is 1. The number of rotatable bonds is 5. The predicted octanol–water partition coefficient (Wildman–Crippen LogP) is 1.13. The number of carbonyl (C=O) groups is 1. The SMILES string of the molecule is CC1CN(CCNC(=O)c2cc(C3CC3)[nH]n2)CC(C)O1. The third-order valence-electron chi connectivity index (χ3n) is 4.06. The van der Waals surface area contributed by atoms with Crippen molar-refractivity contribution >= 4 is 5.91 Å². The highest BCUT2D eigenvalue weighted by molar-refractivity contribution is 5.92. The van der Waals surface area contributed by atoms with Crippen molar-refractivity contribution in [2.24, 2.45) is 0 Å². The first-order valence-corrected chi connectivity index (χ1v) is 7.83. The smallest absolute Gasteiger partial charge is 0.271 e. The van der Waals surface area contributed by atoms with Crippen molar-refractivity contribution in [1.82, 2.24) is 20.4 Å². The molecule has 2 heterocycles. The zero-order valence-electron chi connectivity index (χ0n) is 12.8. The summed E-state index contributed by atoms with van der Waals surface area (Å²) in [5, 5.41) is 10.0. The van der Waals surface area contributed by atoms with Crippen LogP contribution in [0.1, 0.15) is 48.8 Å². The summed E-state index contributed by atoms with van der Waals surface area (Å²) in [4.78, 5) is 14.4. The molecule has 0 spiro atoms. The summed E-state index contributed by atoms with van der Waals surface area (Å²) < 4.78 is 5.70. The quantitative estimate of drug-likeness (QED) is 0.853. The molecule has 1 aromatic heterocycles. The monoisotopic (exact) mass is 292 g/mol. The Morgan fingerprint density at radius 1 is 1.43 bits per heavy atom. The molecule has 0 radical (unpaired) electrons. The van der Waals surface area contributed by atoms with Crippen LogP contribution < -0.4 is 5.32 Å². The second kappa shape index (κ2) is 6.15. The zero-order valence-corrected chi connectivity index (χ0v) is 12.8. The van der Waals surface area contributed by atoms with Crippen LogP contribution in [-0.2, 0) is 4.74 Å². The van der Waals surface area contributed by atoms with Crippen molar-refractivity contribution in [3.05, 3.63) is 17.5 Å². The molecule has 1 aliphatic heterocycles. The van der Waals surface area contributed by atoms with Gasteiger partial charge in [-0.15, -0.1) is 0 Å². The third-order valence-corrected chi connectivity index (χ3v) is 4.06. The van der Waals surface area contributed by atoms with E-state index in [0.29, 0.717) is 18.2 Å². The summed E-state index contributed by atoms with van der Waals surface area (Å²) in [6, 6.07) is 1.88. The van der Waals surface area contributed by atoms with Crippen LogP contribution in [-0.4, -0.2) is 59.4 Å². The largest absolute Gasteiger partial charge is 0.373 e. The fraction of sp³-hybridized carbons (Fsp3) is 0.733. The number of H-pyrrole nitrogens is 1. The van der Waals surface area contributed by atoms with Gasteiger partial charge in [0, 0.05) is 37.8 Å². The molecule has 116 valence electrons. The van der Waals surface area contributed by atoms with Crippen LogP contribution in [0, 0.1) is 0 Å². The second-order valence-corrected chi connectivity index (χ2v) is 6.26. The topological polar surface area (TPSA) is 70.2 Å². The van der Waals surface area contributed by atoms with Crippen molar-refractivity contribution in [3.8, 4) is 0 Å². The van der Waals surface area contributed by atoms with E-state index in [1.165, 1.54) is 12.8 Å². The van der Waals surface area contributed by atoms with Gasteiger partial charge in [-0.2, -0.15) is 5.10 Å². The lowest BCUT2D eigenvalue weighted by Gasteiger charge is -2.35. The molecule has 1 aromatic rings. The minimum atomic E-state index is -0.0903. The van der Waals surface area contributed by atoms with Crippen LogP contribution >= 0.6 is 0 Å². The first kappa shape index (κ1) is 14.5. The van der Waals surface area contributed by atoms with E-state index >= 15 is 0 Å². The number of hydrogen-bond donors (Lipinski definition) is 2. The number of aromatic nitrogens is 2. The van der Waals surface area contributed by atoms with E-state index in [0.717, 1.165) is 25.3 Å². The van der Waals surface area contributed by atoms with E-state index in [9.17, 15) is 4.79 Å². The van der Waals surface area contributed by atoms with Gasteiger partial charge in [0.05, 0.1) is 12.2 Å². The highest BCUT2D eigenvalue weighted by atomic mass is 16.5. The van der Waals surface area contributed by atoms with Gasteiger partial charge in [0.15, 0.2) is 0 Å². The van der Waals surface area contributed by atoms with Gasteiger partial charge in [-0.3, -0.25) is 14.8 Å². The van der Waals surface area contributed by atoms with Crippen molar-refractivity contribution in [1.29, 1.82) is 0 Å². The highest BCUT2D eigenvalue weighted by Gasteiger charge is 2.26. The van der Waals surface area contributed by atoms with Gasteiger partial charge >= 0.3 is 0 Å². The minimum Gasteiger partial charge on any atom is -0.373 e. The zero-order chi connectivity index (χ0) is 14.8. The lowest BCUT2D eigenvalue weighted by Crippen LogP contribution is -2.47. The van der Waals surface area contributed by atoms with E-state index < -0.39 is 0 Å². The Kier molecular flexibility index (Phi) is 4.26. The summed E-state index contributed by atoms with van der Waals surface area (Å²) in [7, 11) is 0. The van der Waals surface area contributed by atoms with Gasteiger partial charge in [-0.1, -0.05) is 0 Å². The number of hydrogen-bond acceptors (Lipinski definition) is 4. The molecule has 2 unspecified atom stereocenters. The standard InChI is InChI=1S/C15H24N4O2/c1-10-8-19(9-11(2)21-10)6-5-16-15(20)14-7-13(17-18-14)12-3-4-12/h7,10-12H,3-6,8-9H2,1-2H3,(H,16,20)(H,17,18). The van der Waals surface area contributed by atoms with Crippen molar-refractivity contribution < 1.29 is 9.53 Å². The molecule has 2 aliphatic rings. The maximum absolute atomic E-state index is 12.0. The molecular weight excluding hydrogens is 268 g/mol. The number of ether oxygens (including phenoxy) is 1. The Balaban J connectivity index is 1.42. The molecule has 21 heavy (non-hydrogen) atoms. The van der Waals surface area contributed by atoms with Crippen molar-refractivity contribution in [3.63, 3.8) is 0 Å². The molecule has 6 heteroatoms. The third kappa shape index (κ3) is 3.83. The Morgan fingerprint density at radius 2 is 2.14 bits per heavy atom. The second-order valence-electron chi connectivity index (χ2n) is 6.26. The fourth-order valence-electron chi connectivity index (χ4n) is 2.94. The summed E-state index contributed by atoms with van der Waals surface area (Å²) >= 11 is 0. The maximum atomic E-state index is 12.0. The van der Waals surface area contributed by atoms with Gasteiger partial charge in [0.1, 0.15) is 5.69 Å². The lowest BCUT2D eigenvalue weighted by atomic mass is 10.2. The summed E-state index contributed by atoms with van der Waals surface area (Å²) in [5.74, 6) is 0.503. The highest BCUT2D eigenvalue weighted by Crippen LogP contribution is 2.38. The van der Waals surface area contributed by atoms with E-state index in [4.69, 9.17) is 4.74 Å². The average molecular weight is 292 g/mol. The van der Waals surface area contributed by atoms with Gasteiger partial charge in [-0.25, -0.2) is 0 Å². The fourth-order valence-corrected chi connectivity index (χ4v) is 2.94. The van der Waals surface area contributed by atoms with E-state index in [2.05, 4.69) is 34.3 Å². The van der Waals surface area contributed by atoms with E-state index in [1.807, 2.05) is 6.07 Å². The van der Waals surface area contributed by atoms with Crippen LogP contribution in [0.15, 0.2) is 6.07 Å². The van der Waals surface area contributed by atoms with Crippen LogP contribution in [0.3, 0.4) is 0 Å². The molecule has 3 rings (SSSR count). The number of nitrogens with one attached hydrogen (secondary N) is 2. The Bertz CT molecular complexity index is 488. The van der Waals surface area contributed by atoms with Crippen molar-refractivity contribution in [2.45, 2.75) is 44.8 Å². The first-order valence-electron chi connectivity index (χ1n) is 7.83. The number of amides is 1. The number of carbonyl (C=O) groups excluding carboxylic acids is 1. The Morgan fingerprint density at radius 3 is 2.81 bits per heavy atom. The maximum Gasteiger partial charge on any atom is 0.271 e. The van der Waals surface area contributed by atoms with Gasteiger partial charge < -0.3 is 10.1 Å². The molecule has 1 aliphatic carbocycles. The normalized spacial score (nSPS) is 26.8. The van der Waals surface area contributed by atoms with Crippen LogP contribution in [0.5, 0.6) is 0 Å². The molecule has 0 bridgehead atoms. The van der Waals surface area contributed by atoms with E-state index in [1.54, 1.807) is 0 Å². The minimum absolute atomic E-state index is 0.0903. The number of aromatic amines is 1. The Labute approximate surface area is 125 Å². The molecule has 1 saturated carbocycles. The number of nitrogens with zero attached hydrogens (tertiary/aromatic N) is 2. The first-order chi connectivity index (χ1) is 10.1. The molecule has 2 atom stereocenters. The summed E-state index contributed by atoms with van der Waals surface area (Å²) in [5.41, 5.74) is 1.59. The molecule has 2 fully saturated rings. The summed E-state index contributed by atoms with van der Waals surface area (Å²) in [6.45, 7) is 7.52. The molecule has 0 aromatic carbocycles. The van der Waals surface area contributed by atoms with Crippen LogP contribution in [0.2, 0.25) is 0 Å². The average Bonchev–Trinajstić information content (AvgIpc) is 3.15. The van der Waals surface area contributed by atoms with Gasteiger partial charge in [-0.05, 0) is 32.8 Å². The summed E-state index contributed by atoms with van der Waals surface area (Å²) in [6.07, 6.45) is 2.93. The molecule has 1 amide bonds. The molecular formula is C15H24N4O2. The molecule has 1 saturated heterocycles.